The topological polar surface area (TPSA) is 35.8 Å². The van der Waals surface area contributed by atoms with Crippen LogP contribution in [0.1, 0.15) is 11.1 Å². The van der Waals surface area contributed by atoms with Crippen molar-refractivity contribution in [3.63, 3.8) is 0 Å². The van der Waals surface area contributed by atoms with Crippen molar-refractivity contribution in [3.05, 3.63) is 28.3 Å². The second-order valence-electron chi connectivity index (χ2n) is 2.46. The smallest absolute Gasteiger partial charge is 0.101 e. The standard InChI is InChI=1S/C9H9ClN2/c1-6-8(12-2)4-3-7(5-11)9(6)10/h3-4,12H,1-2H3. The second kappa shape index (κ2) is 3.46. The lowest BCUT2D eigenvalue weighted by Crippen LogP contribution is -1.93. The lowest BCUT2D eigenvalue weighted by Gasteiger charge is -2.06. The minimum absolute atomic E-state index is 0.521. The first kappa shape index (κ1) is 8.89. The maximum atomic E-state index is 8.65. The van der Waals surface area contributed by atoms with Gasteiger partial charge in [-0.2, -0.15) is 5.26 Å². The normalized spacial score (nSPS) is 9.17. The molecule has 0 amide bonds. The molecule has 1 aromatic rings. The molecule has 0 aromatic heterocycles. The van der Waals surface area contributed by atoms with Gasteiger partial charge in [0.15, 0.2) is 0 Å². The zero-order valence-corrected chi connectivity index (χ0v) is 7.74. The average Bonchev–Trinajstić information content (AvgIpc) is 2.10. The van der Waals surface area contributed by atoms with Gasteiger partial charge in [-0.15, -0.1) is 0 Å². The van der Waals surface area contributed by atoms with Crippen molar-refractivity contribution in [3.8, 4) is 6.07 Å². The van der Waals surface area contributed by atoms with E-state index in [-0.39, 0.29) is 0 Å². The number of rotatable bonds is 1. The summed E-state index contributed by atoms with van der Waals surface area (Å²) in [5, 5.41) is 12.2. The molecule has 1 rings (SSSR count). The number of nitriles is 1. The van der Waals surface area contributed by atoms with Crippen LogP contribution >= 0.6 is 11.6 Å². The summed E-state index contributed by atoms with van der Waals surface area (Å²) in [6, 6.07) is 5.58. The summed E-state index contributed by atoms with van der Waals surface area (Å²) in [7, 11) is 1.82. The lowest BCUT2D eigenvalue weighted by atomic mass is 10.1. The Labute approximate surface area is 76.8 Å². The van der Waals surface area contributed by atoms with E-state index < -0.39 is 0 Å². The zero-order chi connectivity index (χ0) is 9.14. The minimum atomic E-state index is 0.521. The number of anilines is 1. The van der Waals surface area contributed by atoms with Crippen LogP contribution in [0.2, 0.25) is 5.02 Å². The number of halogens is 1. The highest BCUT2D eigenvalue weighted by Crippen LogP contribution is 2.26. The number of hydrogen-bond acceptors (Lipinski definition) is 2. The first-order chi connectivity index (χ1) is 5.70. The molecule has 12 heavy (non-hydrogen) atoms. The fraction of sp³-hybridized carbons (Fsp3) is 0.222. The van der Waals surface area contributed by atoms with Crippen LogP contribution in [0.25, 0.3) is 0 Å². The quantitative estimate of drug-likeness (QED) is 0.721. The molecule has 0 fully saturated rings. The second-order valence-corrected chi connectivity index (χ2v) is 2.84. The van der Waals surface area contributed by atoms with E-state index in [2.05, 4.69) is 5.32 Å². The third-order valence-corrected chi connectivity index (χ3v) is 2.26. The molecule has 2 nitrogen and oxygen atoms in total. The Balaban J connectivity index is 3.32. The third-order valence-electron chi connectivity index (χ3n) is 1.78. The van der Waals surface area contributed by atoms with E-state index in [4.69, 9.17) is 16.9 Å². The van der Waals surface area contributed by atoms with Crippen molar-refractivity contribution < 1.29 is 0 Å². The van der Waals surface area contributed by atoms with E-state index in [1.165, 1.54) is 0 Å². The summed E-state index contributed by atoms with van der Waals surface area (Å²) in [5.41, 5.74) is 2.39. The Bertz CT molecular complexity index is 339. The van der Waals surface area contributed by atoms with Gasteiger partial charge in [0.1, 0.15) is 6.07 Å². The van der Waals surface area contributed by atoms with Crippen LogP contribution in [-0.4, -0.2) is 7.05 Å². The maximum Gasteiger partial charge on any atom is 0.101 e. The van der Waals surface area contributed by atoms with Gasteiger partial charge in [-0.1, -0.05) is 11.6 Å². The van der Waals surface area contributed by atoms with Gasteiger partial charge < -0.3 is 5.32 Å². The SMILES string of the molecule is CNc1ccc(C#N)c(Cl)c1C. The summed E-state index contributed by atoms with van der Waals surface area (Å²) < 4.78 is 0. The van der Waals surface area contributed by atoms with E-state index in [1.807, 2.05) is 26.1 Å². The monoisotopic (exact) mass is 180 g/mol. The minimum Gasteiger partial charge on any atom is -0.388 e. The highest BCUT2D eigenvalue weighted by Gasteiger charge is 2.05. The molecule has 0 aliphatic heterocycles. The van der Waals surface area contributed by atoms with Crippen molar-refractivity contribution in [2.75, 3.05) is 12.4 Å². The molecule has 1 N–H and O–H groups in total. The van der Waals surface area contributed by atoms with Crippen LogP contribution in [0.5, 0.6) is 0 Å². The molecule has 0 heterocycles. The van der Waals surface area contributed by atoms with Crippen molar-refractivity contribution in [1.82, 2.24) is 0 Å². The summed E-state index contributed by atoms with van der Waals surface area (Å²) in [5.74, 6) is 0. The van der Waals surface area contributed by atoms with E-state index in [1.54, 1.807) is 6.07 Å². The molecule has 0 saturated carbocycles. The van der Waals surface area contributed by atoms with Crippen LogP contribution < -0.4 is 5.32 Å². The fourth-order valence-corrected chi connectivity index (χ4v) is 1.25. The van der Waals surface area contributed by atoms with Crippen molar-refractivity contribution in [2.24, 2.45) is 0 Å². The van der Waals surface area contributed by atoms with E-state index in [9.17, 15) is 0 Å². The third kappa shape index (κ3) is 1.37. The van der Waals surface area contributed by atoms with E-state index in [0.717, 1.165) is 11.3 Å². The molecule has 0 bridgehead atoms. The van der Waals surface area contributed by atoms with E-state index >= 15 is 0 Å². The van der Waals surface area contributed by atoms with E-state index in [0.29, 0.717) is 10.6 Å². The summed E-state index contributed by atoms with van der Waals surface area (Å²) in [6.45, 7) is 1.88. The summed E-state index contributed by atoms with van der Waals surface area (Å²) in [6.07, 6.45) is 0. The predicted octanol–water partition coefficient (Wildman–Crippen LogP) is 2.56. The van der Waals surface area contributed by atoms with Gasteiger partial charge in [0.25, 0.3) is 0 Å². The molecule has 1 aromatic carbocycles. The van der Waals surface area contributed by atoms with Gasteiger partial charge in [-0.05, 0) is 24.6 Å². The molecule has 0 saturated heterocycles. The Morgan fingerprint density at radius 2 is 2.17 bits per heavy atom. The van der Waals surface area contributed by atoms with Gasteiger partial charge in [-0.25, -0.2) is 0 Å². The molecule has 0 aliphatic rings. The summed E-state index contributed by atoms with van der Waals surface area (Å²) >= 11 is 5.91. The summed E-state index contributed by atoms with van der Waals surface area (Å²) in [4.78, 5) is 0. The Kier molecular flexibility index (Phi) is 2.57. The molecular weight excluding hydrogens is 172 g/mol. The average molecular weight is 181 g/mol. The number of nitrogens with zero attached hydrogens (tertiary/aromatic N) is 1. The molecule has 0 aliphatic carbocycles. The number of hydrogen-bond donors (Lipinski definition) is 1. The predicted molar refractivity (Wildman–Crippen MR) is 50.5 cm³/mol. The molecule has 0 spiro atoms. The molecule has 62 valence electrons. The first-order valence-electron chi connectivity index (χ1n) is 3.57. The Morgan fingerprint density at radius 3 is 2.67 bits per heavy atom. The molecule has 0 atom stereocenters. The van der Waals surface area contributed by atoms with Gasteiger partial charge in [0, 0.05) is 12.7 Å². The molecular formula is C9H9ClN2. The first-order valence-corrected chi connectivity index (χ1v) is 3.95. The Morgan fingerprint density at radius 1 is 1.50 bits per heavy atom. The Hall–Kier alpha value is -1.20. The highest BCUT2D eigenvalue weighted by atomic mass is 35.5. The largest absolute Gasteiger partial charge is 0.388 e. The van der Waals surface area contributed by atoms with Crippen molar-refractivity contribution >= 4 is 17.3 Å². The fourth-order valence-electron chi connectivity index (χ4n) is 1.04. The lowest BCUT2D eigenvalue weighted by molar-refractivity contribution is 1.38. The van der Waals surface area contributed by atoms with Crippen LogP contribution in [0, 0.1) is 18.3 Å². The van der Waals surface area contributed by atoms with Crippen LogP contribution in [0.4, 0.5) is 5.69 Å². The van der Waals surface area contributed by atoms with Gasteiger partial charge in [0.05, 0.1) is 10.6 Å². The van der Waals surface area contributed by atoms with Crippen LogP contribution in [-0.2, 0) is 0 Å². The van der Waals surface area contributed by atoms with Gasteiger partial charge in [0.2, 0.25) is 0 Å². The molecule has 0 unspecified atom stereocenters. The highest BCUT2D eigenvalue weighted by molar-refractivity contribution is 6.32. The zero-order valence-electron chi connectivity index (χ0n) is 6.98. The number of benzene rings is 1. The van der Waals surface area contributed by atoms with Crippen molar-refractivity contribution in [2.45, 2.75) is 6.92 Å². The van der Waals surface area contributed by atoms with Crippen LogP contribution in [0.15, 0.2) is 12.1 Å². The van der Waals surface area contributed by atoms with Crippen LogP contribution in [0.3, 0.4) is 0 Å². The van der Waals surface area contributed by atoms with Gasteiger partial charge in [-0.3, -0.25) is 0 Å². The molecule has 0 radical (unpaired) electrons. The number of nitrogens with one attached hydrogen (secondary N) is 1. The van der Waals surface area contributed by atoms with Gasteiger partial charge >= 0.3 is 0 Å². The maximum absolute atomic E-state index is 8.65. The molecule has 3 heteroatoms. The van der Waals surface area contributed by atoms with Crippen molar-refractivity contribution in [1.29, 1.82) is 5.26 Å².